The molecule has 3 atom stereocenters. The van der Waals surface area contributed by atoms with E-state index in [9.17, 15) is 0 Å². The Morgan fingerprint density at radius 2 is 2.21 bits per heavy atom. The smallest absolute Gasteiger partial charge is 0.0459 e. The fourth-order valence-electron chi connectivity index (χ4n) is 2.61. The molecule has 2 N–H and O–H groups in total. The summed E-state index contributed by atoms with van der Waals surface area (Å²) in [6.07, 6.45) is 0.833. The lowest BCUT2D eigenvalue weighted by Gasteiger charge is -2.40. The Morgan fingerprint density at radius 1 is 1.47 bits per heavy atom. The molecule has 2 rings (SSSR count). The molecule has 1 aromatic rings. The number of thioether (sulfide) groups is 1. The fraction of sp³-hybridized carbons (Fsp3) is 0.600. The van der Waals surface area contributed by atoms with Crippen molar-refractivity contribution in [3.63, 3.8) is 0 Å². The summed E-state index contributed by atoms with van der Waals surface area (Å²) < 4.78 is 0. The monoisotopic (exact) mass is 298 g/mol. The maximum absolute atomic E-state index is 6.39. The van der Waals surface area contributed by atoms with Gasteiger partial charge in [0.25, 0.3) is 0 Å². The normalized spacial score (nSPS) is 25.4. The number of nitrogens with zero attached hydrogens (tertiary/aromatic N) is 1. The van der Waals surface area contributed by atoms with Gasteiger partial charge in [-0.3, -0.25) is 0 Å². The molecule has 1 fully saturated rings. The summed E-state index contributed by atoms with van der Waals surface area (Å²) in [6, 6.07) is 6.86. The molecule has 1 saturated heterocycles. The number of hydrogen-bond acceptors (Lipinski definition) is 3. The van der Waals surface area contributed by atoms with E-state index in [0.29, 0.717) is 11.3 Å². The van der Waals surface area contributed by atoms with Gasteiger partial charge in [-0.25, -0.2) is 0 Å². The highest BCUT2D eigenvalue weighted by Crippen LogP contribution is 2.34. The van der Waals surface area contributed by atoms with Gasteiger partial charge in [0.05, 0.1) is 0 Å². The van der Waals surface area contributed by atoms with E-state index in [1.165, 1.54) is 17.0 Å². The molecule has 0 spiro atoms. The lowest BCUT2D eigenvalue weighted by molar-refractivity contribution is 0.622. The van der Waals surface area contributed by atoms with Crippen molar-refractivity contribution >= 4 is 29.1 Å². The molecule has 19 heavy (non-hydrogen) atoms. The zero-order valence-corrected chi connectivity index (χ0v) is 13.5. The van der Waals surface area contributed by atoms with Crippen LogP contribution in [0.2, 0.25) is 5.02 Å². The second-order valence-electron chi connectivity index (χ2n) is 5.43. The Hall–Kier alpha value is -0.380. The third kappa shape index (κ3) is 3.39. The lowest BCUT2D eigenvalue weighted by atomic mass is 10.0. The average molecular weight is 299 g/mol. The second-order valence-corrected chi connectivity index (χ2v) is 7.32. The van der Waals surface area contributed by atoms with Crippen LogP contribution in [0.25, 0.3) is 0 Å². The van der Waals surface area contributed by atoms with Crippen LogP contribution in [0, 0.1) is 0 Å². The Bertz CT molecular complexity index is 436. The van der Waals surface area contributed by atoms with E-state index in [0.717, 1.165) is 18.0 Å². The first-order valence-electron chi connectivity index (χ1n) is 6.92. The Kier molecular flexibility index (Phi) is 5.04. The van der Waals surface area contributed by atoms with Gasteiger partial charge in [-0.2, -0.15) is 11.8 Å². The molecule has 0 saturated carbocycles. The third-order valence-corrected chi connectivity index (χ3v) is 5.51. The summed E-state index contributed by atoms with van der Waals surface area (Å²) in [4.78, 5) is 2.49. The minimum absolute atomic E-state index is 0.130. The van der Waals surface area contributed by atoms with E-state index in [4.69, 9.17) is 17.3 Å². The van der Waals surface area contributed by atoms with Crippen LogP contribution in [0.1, 0.15) is 26.3 Å². The summed E-state index contributed by atoms with van der Waals surface area (Å²) in [5, 5.41) is 1.49. The summed E-state index contributed by atoms with van der Waals surface area (Å²) in [7, 11) is 0. The molecule has 0 amide bonds. The maximum atomic E-state index is 6.39. The SMILES string of the molecule is CC(N)Cc1c(Cl)cccc1N1CCSC(C)C1C. The zero-order chi connectivity index (χ0) is 14.0. The van der Waals surface area contributed by atoms with Crippen LogP contribution >= 0.6 is 23.4 Å². The molecule has 1 aliphatic rings. The first-order valence-corrected chi connectivity index (χ1v) is 8.34. The molecule has 3 unspecified atom stereocenters. The Balaban J connectivity index is 2.35. The number of hydrogen-bond donors (Lipinski definition) is 1. The number of benzene rings is 1. The van der Waals surface area contributed by atoms with Gasteiger partial charge in [0.2, 0.25) is 0 Å². The van der Waals surface area contributed by atoms with Gasteiger partial charge in [-0.1, -0.05) is 24.6 Å². The summed E-state index contributed by atoms with van der Waals surface area (Å²) in [5.41, 5.74) is 8.44. The Labute approximate surface area is 125 Å². The largest absolute Gasteiger partial charge is 0.367 e. The van der Waals surface area contributed by atoms with Crippen LogP contribution in [0.4, 0.5) is 5.69 Å². The van der Waals surface area contributed by atoms with Crippen molar-refractivity contribution in [2.24, 2.45) is 5.73 Å². The minimum atomic E-state index is 0.130. The predicted molar refractivity (Wildman–Crippen MR) is 87.5 cm³/mol. The predicted octanol–water partition coefficient (Wildman–Crippen LogP) is 3.56. The highest BCUT2D eigenvalue weighted by molar-refractivity contribution is 8.00. The number of halogens is 1. The van der Waals surface area contributed by atoms with Gasteiger partial charge in [0.1, 0.15) is 0 Å². The van der Waals surface area contributed by atoms with E-state index < -0.39 is 0 Å². The van der Waals surface area contributed by atoms with Gasteiger partial charge in [0.15, 0.2) is 0 Å². The van der Waals surface area contributed by atoms with Gasteiger partial charge >= 0.3 is 0 Å². The van der Waals surface area contributed by atoms with Crippen LogP contribution in [-0.2, 0) is 6.42 Å². The molecular weight excluding hydrogens is 276 g/mol. The molecule has 0 aliphatic carbocycles. The van der Waals surface area contributed by atoms with Crippen LogP contribution in [0.5, 0.6) is 0 Å². The zero-order valence-electron chi connectivity index (χ0n) is 11.9. The minimum Gasteiger partial charge on any atom is -0.367 e. The number of nitrogens with two attached hydrogens (primary N) is 1. The molecule has 2 nitrogen and oxygen atoms in total. The first kappa shape index (κ1) is 15.0. The fourth-order valence-corrected chi connectivity index (χ4v) is 3.96. The van der Waals surface area contributed by atoms with Crippen molar-refractivity contribution in [3.8, 4) is 0 Å². The van der Waals surface area contributed by atoms with E-state index in [-0.39, 0.29) is 6.04 Å². The highest BCUT2D eigenvalue weighted by Gasteiger charge is 2.27. The third-order valence-electron chi connectivity index (χ3n) is 3.81. The standard InChI is InChI=1S/C15H23ClN2S/c1-10(17)9-13-14(16)5-4-6-15(13)18-7-8-19-12(3)11(18)2/h4-6,10-12H,7-9,17H2,1-3H3. The molecule has 1 aromatic carbocycles. The molecule has 106 valence electrons. The molecule has 1 heterocycles. The molecule has 4 heteroatoms. The van der Waals surface area contributed by atoms with Gasteiger partial charge in [-0.15, -0.1) is 0 Å². The van der Waals surface area contributed by atoms with Crippen molar-refractivity contribution < 1.29 is 0 Å². The number of anilines is 1. The highest BCUT2D eigenvalue weighted by atomic mass is 35.5. The van der Waals surface area contributed by atoms with Crippen LogP contribution in [0.15, 0.2) is 18.2 Å². The molecule has 1 aliphatic heterocycles. The number of rotatable bonds is 3. The summed E-state index contributed by atoms with van der Waals surface area (Å²) >= 11 is 8.44. The molecule has 0 aromatic heterocycles. The maximum Gasteiger partial charge on any atom is 0.0459 e. The lowest BCUT2D eigenvalue weighted by Crippen LogP contribution is -2.45. The van der Waals surface area contributed by atoms with Crippen molar-refractivity contribution in [2.75, 3.05) is 17.2 Å². The quantitative estimate of drug-likeness (QED) is 0.925. The van der Waals surface area contributed by atoms with E-state index >= 15 is 0 Å². The van der Waals surface area contributed by atoms with Gasteiger partial charge in [-0.05, 0) is 38.0 Å². The topological polar surface area (TPSA) is 29.3 Å². The van der Waals surface area contributed by atoms with Crippen molar-refractivity contribution in [2.45, 2.75) is 44.5 Å². The first-order chi connectivity index (χ1) is 9.00. The van der Waals surface area contributed by atoms with Crippen molar-refractivity contribution in [1.82, 2.24) is 0 Å². The van der Waals surface area contributed by atoms with E-state index in [1.54, 1.807) is 0 Å². The van der Waals surface area contributed by atoms with Crippen molar-refractivity contribution in [3.05, 3.63) is 28.8 Å². The van der Waals surface area contributed by atoms with Gasteiger partial charge in [0, 0.05) is 40.3 Å². The van der Waals surface area contributed by atoms with Gasteiger partial charge < -0.3 is 10.6 Å². The summed E-state index contributed by atoms with van der Waals surface area (Å²) in [5.74, 6) is 1.18. The van der Waals surface area contributed by atoms with E-state index in [1.807, 2.05) is 30.8 Å². The molecule has 0 bridgehead atoms. The second kappa shape index (κ2) is 6.38. The van der Waals surface area contributed by atoms with E-state index in [2.05, 4.69) is 24.8 Å². The van der Waals surface area contributed by atoms with Crippen LogP contribution < -0.4 is 10.6 Å². The summed E-state index contributed by atoms with van der Waals surface area (Å²) in [6.45, 7) is 7.72. The average Bonchev–Trinajstić information content (AvgIpc) is 2.35. The van der Waals surface area contributed by atoms with Crippen molar-refractivity contribution in [1.29, 1.82) is 0 Å². The Morgan fingerprint density at radius 3 is 2.89 bits per heavy atom. The molecular formula is C15H23ClN2S. The van der Waals surface area contributed by atoms with Crippen LogP contribution in [-0.4, -0.2) is 29.6 Å². The van der Waals surface area contributed by atoms with Crippen LogP contribution in [0.3, 0.4) is 0 Å². The molecule has 0 radical (unpaired) electrons.